The summed E-state index contributed by atoms with van der Waals surface area (Å²) in [5.74, 6) is 0. The first-order valence-electron chi connectivity index (χ1n) is 5.82. The zero-order chi connectivity index (χ0) is 13.1. The van der Waals surface area contributed by atoms with Gasteiger partial charge in [-0.05, 0) is 36.6 Å². The minimum atomic E-state index is -0.0765. The summed E-state index contributed by atoms with van der Waals surface area (Å²) in [6.45, 7) is 2.08. The normalized spacial score (nSPS) is 12.4. The first kappa shape index (κ1) is 13.6. The van der Waals surface area contributed by atoms with Gasteiger partial charge < -0.3 is 5.73 Å². The van der Waals surface area contributed by atoms with Crippen LogP contribution >= 0.6 is 27.5 Å². The van der Waals surface area contributed by atoms with Crippen molar-refractivity contribution >= 4 is 27.5 Å². The first-order valence-corrected chi connectivity index (χ1v) is 6.99. The molecule has 0 fully saturated rings. The van der Waals surface area contributed by atoms with Gasteiger partial charge in [-0.1, -0.05) is 63.4 Å². The highest BCUT2D eigenvalue weighted by Crippen LogP contribution is 2.27. The van der Waals surface area contributed by atoms with Gasteiger partial charge in [0.2, 0.25) is 0 Å². The van der Waals surface area contributed by atoms with E-state index in [1.54, 1.807) is 0 Å². The van der Waals surface area contributed by atoms with E-state index >= 15 is 0 Å². The molecule has 2 aromatic carbocycles. The van der Waals surface area contributed by atoms with Crippen LogP contribution in [0.1, 0.15) is 22.7 Å². The summed E-state index contributed by atoms with van der Waals surface area (Å²) in [5.41, 5.74) is 9.70. The number of hydrogen-bond acceptors (Lipinski definition) is 1. The highest BCUT2D eigenvalue weighted by Gasteiger charge is 2.11. The first-order chi connectivity index (χ1) is 8.56. The minimum Gasteiger partial charge on any atom is -0.324 e. The van der Waals surface area contributed by atoms with E-state index in [0.717, 1.165) is 16.5 Å². The van der Waals surface area contributed by atoms with Crippen molar-refractivity contribution in [3.63, 3.8) is 0 Å². The summed E-state index contributed by atoms with van der Waals surface area (Å²) in [5, 5.41) is 0.713. The molecule has 2 N–H and O–H groups in total. The largest absolute Gasteiger partial charge is 0.324 e. The maximum absolute atomic E-state index is 6.23. The lowest BCUT2D eigenvalue weighted by Crippen LogP contribution is -2.13. The van der Waals surface area contributed by atoms with E-state index in [9.17, 15) is 0 Å². The van der Waals surface area contributed by atoms with Crippen LogP contribution in [0.2, 0.25) is 5.02 Å². The molecule has 0 bridgehead atoms. The molecule has 0 radical (unpaired) electrons. The van der Waals surface area contributed by atoms with Crippen LogP contribution in [-0.4, -0.2) is 0 Å². The molecular formula is C15H15BrClN. The van der Waals surface area contributed by atoms with Crippen molar-refractivity contribution in [2.45, 2.75) is 19.4 Å². The fourth-order valence-electron chi connectivity index (χ4n) is 2.01. The number of nitrogens with two attached hydrogens (primary N) is 1. The molecule has 0 heterocycles. The van der Waals surface area contributed by atoms with Gasteiger partial charge in [0.1, 0.15) is 0 Å². The summed E-state index contributed by atoms with van der Waals surface area (Å²) in [6.07, 6.45) is 0.795. The summed E-state index contributed by atoms with van der Waals surface area (Å²) in [7, 11) is 0. The van der Waals surface area contributed by atoms with Gasteiger partial charge in [0.15, 0.2) is 0 Å². The fraction of sp³-hybridized carbons (Fsp3) is 0.200. The molecule has 0 saturated heterocycles. The van der Waals surface area contributed by atoms with Gasteiger partial charge in [0.25, 0.3) is 0 Å². The van der Waals surface area contributed by atoms with E-state index in [4.69, 9.17) is 17.3 Å². The zero-order valence-electron chi connectivity index (χ0n) is 10.2. The smallest absolute Gasteiger partial charge is 0.0465 e. The molecule has 0 aliphatic heterocycles. The van der Waals surface area contributed by atoms with Crippen LogP contribution in [0.4, 0.5) is 0 Å². The lowest BCUT2D eigenvalue weighted by atomic mass is 9.99. The second-order valence-electron chi connectivity index (χ2n) is 4.47. The van der Waals surface area contributed by atoms with E-state index in [1.165, 1.54) is 11.1 Å². The van der Waals surface area contributed by atoms with Gasteiger partial charge >= 0.3 is 0 Å². The molecule has 0 spiro atoms. The molecule has 0 aliphatic carbocycles. The van der Waals surface area contributed by atoms with E-state index in [1.807, 2.05) is 18.2 Å². The molecule has 0 aliphatic rings. The maximum Gasteiger partial charge on any atom is 0.0465 e. The molecule has 3 heteroatoms. The number of halogens is 2. The van der Waals surface area contributed by atoms with Gasteiger partial charge in [-0.3, -0.25) is 0 Å². The Kier molecular flexibility index (Phi) is 4.44. The lowest BCUT2D eigenvalue weighted by molar-refractivity contribution is 0.721. The number of hydrogen-bond donors (Lipinski definition) is 1. The molecule has 1 atom stereocenters. The third kappa shape index (κ3) is 3.35. The molecule has 2 aromatic rings. The third-order valence-corrected chi connectivity index (χ3v) is 3.72. The molecule has 2 rings (SSSR count). The van der Waals surface area contributed by atoms with Crippen LogP contribution in [0.25, 0.3) is 0 Å². The van der Waals surface area contributed by atoms with Gasteiger partial charge in [-0.25, -0.2) is 0 Å². The van der Waals surface area contributed by atoms with Crippen LogP contribution in [0, 0.1) is 6.92 Å². The van der Waals surface area contributed by atoms with E-state index < -0.39 is 0 Å². The van der Waals surface area contributed by atoms with Crippen molar-refractivity contribution in [3.8, 4) is 0 Å². The van der Waals surface area contributed by atoms with Crippen molar-refractivity contribution in [1.82, 2.24) is 0 Å². The topological polar surface area (TPSA) is 26.0 Å². The van der Waals surface area contributed by atoms with E-state index in [-0.39, 0.29) is 6.04 Å². The summed E-state index contributed by atoms with van der Waals surface area (Å²) < 4.78 is 0.971. The van der Waals surface area contributed by atoms with E-state index in [2.05, 4.69) is 47.1 Å². The lowest BCUT2D eigenvalue weighted by Gasteiger charge is -2.14. The Morgan fingerprint density at radius 1 is 1.22 bits per heavy atom. The van der Waals surface area contributed by atoms with Crippen LogP contribution in [0.15, 0.2) is 46.9 Å². The minimum absolute atomic E-state index is 0.0765. The van der Waals surface area contributed by atoms with Crippen molar-refractivity contribution in [1.29, 1.82) is 0 Å². The maximum atomic E-state index is 6.23. The van der Waals surface area contributed by atoms with Gasteiger partial charge in [-0.2, -0.15) is 0 Å². The number of aryl methyl sites for hydroxylation is 1. The zero-order valence-corrected chi connectivity index (χ0v) is 12.5. The Morgan fingerprint density at radius 3 is 2.67 bits per heavy atom. The molecule has 1 nitrogen and oxygen atoms in total. The summed E-state index contributed by atoms with van der Waals surface area (Å²) in [4.78, 5) is 0. The third-order valence-electron chi connectivity index (χ3n) is 2.90. The van der Waals surface area contributed by atoms with Crippen LogP contribution in [-0.2, 0) is 6.42 Å². The number of rotatable bonds is 3. The Hall–Kier alpha value is -0.830. The molecule has 0 amide bonds. The predicted molar refractivity (Wildman–Crippen MR) is 81.0 cm³/mol. The van der Waals surface area contributed by atoms with Crippen molar-refractivity contribution in [2.75, 3.05) is 0 Å². The van der Waals surface area contributed by atoms with E-state index in [0.29, 0.717) is 5.02 Å². The molecule has 1 unspecified atom stereocenters. The molecule has 0 saturated carbocycles. The Labute approximate surface area is 121 Å². The van der Waals surface area contributed by atoms with Crippen LogP contribution < -0.4 is 5.73 Å². The second-order valence-corrected chi connectivity index (χ2v) is 5.79. The van der Waals surface area contributed by atoms with Crippen LogP contribution in [0.3, 0.4) is 0 Å². The summed E-state index contributed by atoms with van der Waals surface area (Å²) in [6, 6.07) is 14.2. The highest BCUT2D eigenvalue weighted by molar-refractivity contribution is 9.10. The SMILES string of the molecule is Cc1cccc(CC(N)c2ccc(Br)cc2Cl)c1. The molecule has 94 valence electrons. The summed E-state index contributed by atoms with van der Waals surface area (Å²) >= 11 is 9.61. The quantitative estimate of drug-likeness (QED) is 0.873. The highest BCUT2D eigenvalue weighted by atomic mass is 79.9. The van der Waals surface area contributed by atoms with Crippen molar-refractivity contribution < 1.29 is 0 Å². The Balaban J connectivity index is 2.19. The predicted octanol–water partition coefficient (Wildman–Crippen LogP) is 4.65. The monoisotopic (exact) mass is 323 g/mol. The number of benzene rings is 2. The standard InChI is InChI=1S/C15H15BrClN/c1-10-3-2-4-11(7-10)8-15(18)13-6-5-12(16)9-14(13)17/h2-7,9,15H,8,18H2,1H3. The fourth-order valence-corrected chi connectivity index (χ4v) is 2.82. The second kappa shape index (κ2) is 5.87. The van der Waals surface area contributed by atoms with Gasteiger partial charge in [-0.15, -0.1) is 0 Å². The average molecular weight is 325 g/mol. The molecular weight excluding hydrogens is 310 g/mol. The molecule has 0 aromatic heterocycles. The Bertz CT molecular complexity index is 554. The van der Waals surface area contributed by atoms with Gasteiger partial charge in [0.05, 0.1) is 0 Å². The van der Waals surface area contributed by atoms with Crippen molar-refractivity contribution in [3.05, 3.63) is 68.7 Å². The van der Waals surface area contributed by atoms with Gasteiger partial charge in [0, 0.05) is 15.5 Å². The molecule has 18 heavy (non-hydrogen) atoms. The van der Waals surface area contributed by atoms with Crippen LogP contribution in [0.5, 0.6) is 0 Å². The van der Waals surface area contributed by atoms with Crippen molar-refractivity contribution in [2.24, 2.45) is 5.73 Å². The Morgan fingerprint density at radius 2 is 2.00 bits per heavy atom. The average Bonchev–Trinajstić information content (AvgIpc) is 2.28.